The normalized spacial score (nSPS) is 28.4. The second-order valence-electron chi connectivity index (χ2n) is 7.10. The summed E-state index contributed by atoms with van der Waals surface area (Å²) in [4.78, 5) is 13.3. The summed E-state index contributed by atoms with van der Waals surface area (Å²) in [7, 11) is 4.94. The van der Waals surface area contributed by atoms with Gasteiger partial charge in [0.15, 0.2) is 5.78 Å². The molecule has 0 spiro atoms. The second kappa shape index (κ2) is 5.01. The number of methoxy groups -OCH3 is 3. The van der Waals surface area contributed by atoms with Gasteiger partial charge in [-0.25, -0.2) is 0 Å². The van der Waals surface area contributed by atoms with Gasteiger partial charge in [0, 0.05) is 22.8 Å². The highest BCUT2D eigenvalue weighted by molar-refractivity contribution is 6.14. The van der Waals surface area contributed by atoms with Crippen LogP contribution in [0.2, 0.25) is 0 Å². The van der Waals surface area contributed by atoms with Crippen LogP contribution in [0.3, 0.4) is 0 Å². The first-order chi connectivity index (χ1) is 12.2. The molecule has 5 rings (SSSR count). The third kappa shape index (κ3) is 1.65. The molecule has 0 radical (unpaired) electrons. The SMILES string of the molecule is COc1c2c(c(OC)c3c(OC)cccc13)C(=O)C1C2[C@@H]2C=C[C@H]1C2. The van der Waals surface area contributed by atoms with E-state index in [9.17, 15) is 4.79 Å². The van der Waals surface area contributed by atoms with Gasteiger partial charge in [0.1, 0.15) is 17.2 Å². The molecular formula is C21H20O4. The number of Topliss-reactive ketones (excluding diaryl/α,β-unsaturated/α-hetero) is 1. The zero-order chi connectivity index (χ0) is 17.3. The predicted molar refractivity (Wildman–Crippen MR) is 94.9 cm³/mol. The molecule has 3 aliphatic rings. The van der Waals surface area contributed by atoms with Gasteiger partial charge in [-0.2, -0.15) is 0 Å². The fourth-order valence-corrected chi connectivity index (χ4v) is 5.36. The Morgan fingerprint density at radius 1 is 0.920 bits per heavy atom. The van der Waals surface area contributed by atoms with Crippen molar-refractivity contribution < 1.29 is 19.0 Å². The van der Waals surface area contributed by atoms with Crippen molar-refractivity contribution in [2.75, 3.05) is 21.3 Å². The van der Waals surface area contributed by atoms with E-state index in [1.165, 1.54) is 0 Å². The quantitative estimate of drug-likeness (QED) is 0.796. The number of ether oxygens (including phenoxy) is 3. The molecule has 4 atom stereocenters. The molecule has 0 aliphatic heterocycles. The van der Waals surface area contributed by atoms with Crippen LogP contribution in [0.15, 0.2) is 30.4 Å². The van der Waals surface area contributed by atoms with Crippen molar-refractivity contribution in [3.05, 3.63) is 41.5 Å². The minimum Gasteiger partial charge on any atom is -0.496 e. The maximum absolute atomic E-state index is 13.3. The summed E-state index contributed by atoms with van der Waals surface area (Å²) in [5.74, 6) is 3.30. The van der Waals surface area contributed by atoms with Gasteiger partial charge >= 0.3 is 0 Å². The zero-order valence-corrected chi connectivity index (χ0v) is 14.5. The van der Waals surface area contributed by atoms with Crippen molar-refractivity contribution in [3.63, 3.8) is 0 Å². The lowest BCUT2D eigenvalue weighted by Gasteiger charge is -2.23. The fraction of sp³-hybridized carbons (Fsp3) is 0.381. The van der Waals surface area contributed by atoms with Crippen molar-refractivity contribution in [2.24, 2.45) is 17.8 Å². The fourth-order valence-electron chi connectivity index (χ4n) is 5.36. The van der Waals surface area contributed by atoms with Crippen LogP contribution in [0.1, 0.15) is 28.3 Å². The zero-order valence-electron chi connectivity index (χ0n) is 14.5. The van der Waals surface area contributed by atoms with Crippen molar-refractivity contribution in [2.45, 2.75) is 12.3 Å². The van der Waals surface area contributed by atoms with E-state index in [2.05, 4.69) is 12.2 Å². The molecule has 2 bridgehead atoms. The van der Waals surface area contributed by atoms with Crippen LogP contribution in [-0.2, 0) is 0 Å². The average molecular weight is 336 g/mol. The van der Waals surface area contributed by atoms with Crippen LogP contribution >= 0.6 is 0 Å². The summed E-state index contributed by atoms with van der Waals surface area (Å²) >= 11 is 0. The first-order valence-corrected chi connectivity index (χ1v) is 8.68. The Balaban J connectivity index is 1.92. The van der Waals surface area contributed by atoms with Crippen molar-refractivity contribution in [1.82, 2.24) is 0 Å². The van der Waals surface area contributed by atoms with Crippen LogP contribution in [0.4, 0.5) is 0 Å². The lowest BCUT2D eigenvalue weighted by atomic mass is 9.82. The number of carbonyl (C=O) groups is 1. The Bertz CT molecular complexity index is 943. The lowest BCUT2D eigenvalue weighted by molar-refractivity contribution is 0.0909. The Morgan fingerprint density at radius 2 is 1.64 bits per heavy atom. The van der Waals surface area contributed by atoms with E-state index in [1.54, 1.807) is 21.3 Å². The monoisotopic (exact) mass is 336 g/mol. The first-order valence-electron chi connectivity index (χ1n) is 8.68. The maximum atomic E-state index is 13.3. The number of carbonyl (C=O) groups excluding carboxylic acids is 1. The second-order valence-corrected chi connectivity index (χ2v) is 7.10. The maximum Gasteiger partial charge on any atom is 0.171 e. The van der Waals surface area contributed by atoms with Crippen LogP contribution in [0.5, 0.6) is 17.2 Å². The summed E-state index contributed by atoms with van der Waals surface area (Å²) in [6, 6.07) is 5.85. The lowest BCUT2D eigenvalue weighted by Crippen LogP contribution is -2.18. The summed E-state index contributed by atoms with van der Waals surface area (Å²) in [6.07, 6.45) is 5.56. The third-order valence-electron chi connectivity index (χ3n) is 6.21. The van der Waals surface area contributed by atoms with E-state index in [4.69, 9.17) is 14.2 Å². The molecule has 4 nitrogen and oxygen atoms in total. The minimum atomic E-state index is 0.0237. The van der Waals surface area contributed by atoms with Crippen LogP contribution in [0.25, 0.3) is 10.8 Å². The molecule has 25 heavy (non-hydrogen) atoms. The molecule has 2 aromatic carbocycles. The molecule has 0 amide bonds. The highest BCUT2D eigenvalue weighted by atomic mass is 16.5. The summed E-state index contributed by atoms with van der Waals surface area (Å²) in [6.45, 7) is 0. The van der Waals surface area contributed by atoms with E-state index in [-0.39, 0.29) is 17.6 Å². The molecule has 0 N–H and O–H groups in total. The summed E-state index contributed by atoms with van der Waals surface area (Å²) in [5, 5.41) is 1.76. The topological polar surface area (TPSA) is 44.8 Å². The molecule has 2 unspecified atom stereocenters. The van der Waals surface area contributed by atoms with Crippen LogP contribution in [-0.4, -0.2) is 27.1 Å². The Morgan fingerprint density at radius 3 is 2.32 bits per heavy atom. The molecule has 0 saturated heterocycles. The van der Waals surface area contributed by atoms with Gasteiger partial charge in [0.05, 0.1) is 32.3 Å². The van der Waals surface area contributed by atoms with Crippen molar-refractivity contribution in [1.29, 1.82) is 0 Å². The molecule has 3 aliphatic carbocycles. The van der Waals surface area contributed by atoms with Gasteiger partial charge in [0.25, 0.3) is 0 Å². The molecule has 128 valence electrons. The molecule has 0 aromatic heterocycles. The van der Waals surface area contributed by atoms with E-state index >= 15 is 0 Å². The smallest absolute Gasteiger partial charge is 0.171 e. The van der Waals surface area contributed by atoms with E-state index in [1.807, 2.05) is 18.2 Å². The van der Waals surface area contributed by atoms with Gasteiger partial charge in [0.2, 0.25) is 0 Å². The minimum absolute atomic E-state index is 0.0237. The number of allylic oxidation sites excluding steroid dienone is 2. The summed E-state index contributed by atoms with van der Waals surface area (Å²) in [5.41, 5.74) is 1.73. The van der Waals surface area contributed by atoms with Crippen molar-refractivity contribution >= 4 is 16.6 Å². The van der Waals surface area contributed by atoms with Crippen LogP contribution in [0, 0.1) is 17.8 Å². The van der Waals surface area contributed by atoms with Crippen LogP contribution < -0.4 is 14.2 Å². The third-order valence-corrected chi connectivity index (χ3v) is 6.21. The number of ketones is 1. The van der Waals surface area contributed by atoms with Gasteiger partial charge in [-0.05, 0) is 24.3 Å². The molecule has 1 fully saturated rings. The molecule has 0 heterocycles. The van der Waals surface area contributed by atoms with Gasteiger partial charge in [-0.15, -0.1) is 0 Å². The molecule has 1 saturated carbocycles. The average Bonchev–Trinajstić information content (AvgIpc) is 3.33. The van der Waals surface area contributed by atoms with E-state index in [0.717, 1.165) is 28.5 Å². The Hall–Kier alpha value is -2.49. The standard InChI is InChI=1S/C21H20O4/c1-23-13-6-4-5-12-16(13)21(25-3)18-17(20(12)24-2)14-10-7-8-11(9-10)15(14)19(18)22/h4-8,10-11,14-15H,9H2,1-3H3/t10-,11+,14?,15?/m1/s1. The van der Waals surface area contributed by atoms with E-state index in [0.29, 0.717) is 28.9 Å². The van der Waals surface area contributed by atoms with Crippen molar-refractivity contribution in [3.8, 4) is 17.2 Å². The number of fused-ring (bicyclic) bond motifs is 8. The highest BCUT2D eigenvalue weighted by Gasteiger charge is 2.56. The van der Waals surface area contributed by atoms with Gasteiger partial charge < -0.3 is 14.2 Å². The Labute approximate surface area is 146 Å². The molecule has 2 aromatic rings. The largest absolute Gasteiger partial charge is 0.496 e. The predicted octanol–water partition coefficient (Wildman–Crippen LogP) is 3.97. The van der Waals surface area contributed by atoms with Gasteiger partial charge in [-0.1, -0.05) is 24.3 Å². The highest BCUT2D eigenvalue weighted by Crippen LogP contribution is 2.63. The number of hydrogen-bond acceptors (Lipinski definition) is 4. The van der Waals surface area contributed by atoms with E-state index < -0.39 is 0 Å². The molecular weight excluding hydrogens is 316 g/mol. The Kier molecular flexibility index (Phi) is 2.97. The number of rotatable bonds is 3. The first kappa shape index (κ1) is 14.8. The molecule has 4 heteroatoms. The number of hydrogen-bond donors (Lipinski definition) is 0. The van der Waals surface area contributed by atoms with Gasteiger partial charge in [-0.3, -0.25) is 4.79 Å². The summed E-state index contributed by atoms with van der Waals surface area (Å²) < 4.78 is 17.2. The number of benzene rings is 2.